The Morgan fingerprint density at radius 2 is 2.05 bits per heavy atom. The van der Waals surface area contributed by atoms with E-state index in [1.807, 2.05) is 0 Å². The van der Waals surface area contributed by atoms with Crippen LogP contribution < -0.4 is 5.32 Å². The normalized spacial score (nSPS) is 11.2. The van der Waals surface area contributed by atoms with Gasteiger partial charge in [-0.1, -0.05) is 12.1 Å². The molecule has 0 unspecified atom stereocenters. The topological polar surface area (TPSA) is 42.0 Å². The molecule has 1 heterocycles. The van der Waals surface area contributed by atoms with E-state index in [1.165, 1.54) is 18.3 Å². The molecule has 3 nitrogen and oxygen atoms in total. The Bertz CT molecular complexity index is 609. The van der Waals surface area contributed by atoms with Crippen molar-refractivity contribution < 1.29 is 9.18 Å². The molecule has 0 amide bonds. The van der Waals surface area contributed by atoms with Crippen LogP contribution in [0, 0.1) is 5.82 Å². The van der Waals surface area contributed by atoms with Crippen LogP contribution in [0.2, 0.25) is 0 Å². The lowest BCUT2D eigenvalue weighted by molar-refractivity contribution is 0.104. The van der Waals surface area contributed by atoms with Gasteiger partial charge in [-0.15, -0.1) is 0 Å². The summed E-state index contributed by atoms with van der Waals surface area (Å²) < 4.78 is 13.4. The summed E-state index contributed by atoms with van der Waals surface area (Å²) in [5.41, 5.74) is 1.41. The molecular weight excluding hydrogens is 243 g/mol. The number of ketones is 1. The summed E-state index contributed by atoms with van der Waals surface area (Å²) >= 11 is 0. The second-order valence-corrected chi connectivity index (χ2v) is 4.04. The number of para-hydroxylation sites is 1. The monoisotopic (exact) mass is 256 g/mol. The van der Waals surface area contributed by atoms with Gasteiger partial charge in [-0.2, -0.15) is 0 Å². The first-order chi connectivity index (χ1) is 9.16. The minimum absolute atomic E-state index is 0.172. The minimum Gasteiger partial charge on any atom is -0.357 e. The molecule has 0 aliphatic heterocycles. The Morgan fingerprint density at radius 1 is 1.26 bits per heavy atom. The lowest BCUT2D eigenvalue weighted by atomic mass is 10.1. The van der Waals surface area contributed by atoms with Crippen LogP contribution in [-0.2, 0) is 0 Å². The zero-order chi connectivity index (χ0) is 13.7. The van der Waals surface area contributed by atoms with Crippen molar-refractivity contribution in [3.63, 3.8) is 0 Å². The molecule has 0 fully saturated rings. The van der Waals surface area contributed by atoms with E-state index in [9.17, 15) is 9.18 Å². The number of pyridine rings is 1. The lowest BCUT2D eigenvalue weighted by Crippen LogP contribution is -2.02. The zero-order valence-corrected chi connectivity index (χ0v) is 10.4. The summed E-state index contributed by atoms with van der Waals surface area (Å²) in [6.45, 7) is 1.71. The Hall–Kier alpha value is -2.49. The van der Waals surface area contributed by atoms with Gasteiger partial charge in [0.05, 0.1) is 5.69 Å². The molecule has 0 atom stereocenters. The summed E-state index contributed by atoms with van der Waals surface area (Å²) in [5, 5.41) is 2.86. The van der Waals surface area contributed by atoms with Crippen molar-refractivity contribution in [2.24, 2.45) is 0 Å². The first kappa shape index (κ1) is 13.0. The van der Waals surface area contributed by atoms with Crippen molar-refractivity contribution >= 4 is 11.5 Å². The van der Waals surface area contributed by atoms with Gasteiger partial charge in [0.1, 0.15) is 5.82 Å². The van der Waals surface area contributed by atoms with Crippen LogP contribution in [0.1, 0.15) is 17.3 Å². The van der Waals surface area contributed by atoms with Crippen molar-refractivity contribution in [1.82, 2.24) is 4.98 Å². The number of allylic oxidation sites excluding steroid dienone is 2. The molecule has 0 spiro atoms. The van der Waals surface area contributed by atoms with Gasteiger partial charge in [0.2, 0.25) is 0 Å². The molecule has 2 aromatic rings. The van der Waals surface area contributed by atoms with Crippen molar-refractivity contribution in [2.45, 2.75) is 6.92 Å². The lowest BCUT2D eigenvalue weighted by Gasteiger charge is -2.07. The Balaban J connectivity index is 2.12. The zero-order valence-electron chi connectivity index (χ0n) is 10.4. The number of hydrogen-bond donors (Lipinski definition) is 1. The van der Waals surface area contributed by atoms with Crippen LogP contribution in [0.25, 0.3) is 0 Å². The molecule has 2 rings (SSSR count). The largest absolute Gasteiger partial charge is 0.357 e. The highest BCUT2D eigenvalue weighted by Crippen LogP contribution is 2.15. The number of nitrogens with zero attached hydrogens (tertiary/aromatic N) is 1. The number of aromatic nitrogens is 1. The molecule has 19 heavy (non-hydrogen) atoms. The van der Waals surface area contributed by atoms with E-state index < -0.39 is 0 Å². The first-order valence-corrected chi connectivity index (χ1v) is 5.81. The minimum atomic E-state index is -0.357. The Labute approximate surface area is 110 Å². The smallest absolute Gasteiger partial charge is 0.189 e. The van der Waals surface area contributed by atoms with Crippen LogP contribution >= 0.6 is 0 Å². The van der Waals surface area contributed by atoms with Crippen molar-refractivity contribution in [2.75, 3.05) is 5.32 Å². The average molecular weight is 256 g/mol. The van der Waals surface area contributed by atoms with Gasteiger partial charge < -0.3 is 5.32 Å². The van der Waals surface area contributed by atoms with E-state index in [0.29, 0.717) is 16.9 Å². The molecule has 1 N–H and O–H groups in total. The van der Waals surface area contributed by atoms with Crippen molar-refractivity contribution in [3.05, 3.63) is 71.9 Å². The number of nitrogens with one attached hydrogen (secondary N) is 1. The predicted octanol–water partition coefficient (Wildman–Crippen LogP) is 3.42. The molecular formula is C15H13FN2O. The molecule has 0 bridgehead atoms. The molecule has 0 saturated heterocycles. The summed E-state index contributed by atoms with van der Waals surface area (Å²) in [6, 6.07) is 9.69. The maximum Gasteiger partial charge on any atom is 0.189 e. The molecule has 0 aliphatic carbocycles. The summed E-state index contributed by atoms with van der Waals surface area (Å²) in [4.78, 5) is 15.8. The van der Waals surface area contributed by atoms with Gasteiger partial charge >= 0.3 is 0 Å². The second-order valence-electron chi connectivity index (χ2n) is 4.04. The third-order valence-corrected chi connectivity index (χ3v) is 2.50. The second kappa shape index (κ2) is 5.91. The first-order valence-electron chi connectivity index (χ1n) is 5.81. The van der Waals surface area contributed by atoms with Crippen molar-refractivity contribution in [1.29, 1.82) is 0 Å². The fourth-order valence-electron chi connectivity index (χ4n) is 1.60. The number of rotatable bonds is 4. The predicted molar refractivity (Wildman–Crippen MR) is 72.3 cm³/mol. The SMILES string of the molecule is C/C(=C/C(=O)c1cccnc1)Nc1ccccc1F. The number of carbonyl (C=O) groups excluding carboxylic acids is 1. The van der Waals surface area contributed by atoms with Crippen LogP contribution in [0.15, 0.2) is 60.6 Å². The number of anilines is 1. The third-order valence-electron chi connectivity index (χ3n) is 2.50. The third kappa shape index (κ3) is 3.48. The molecule has 4 heteroatoms. The Kier molecular flexibility index (Phi) is 4.03. The van der Waals surface area contributed by atoms with Crippen LogP contribution in [0.3, 0.4) is 0 Å². The summed E-state index contributed by atoms with van der Waals surface area (Å²) in [5.74, 6) is -0.529. The van der Waals surface area contributed by atoms with Crippen LogP contribution in [-0.4, -0.2) is 10.8 Å². The van der Waals surface area contributed by atoms with E-state index in [4.69, 9.17) is 0 Å². The molecule has 1 aromatic carbocycles. The molecule has 0 saturated carbocycles. The highest BCUT2D eigenvalue weighted by molar-refractivity contribution is 6.04. The summed E-state index contributed by atoms with van der Waals surface area (Å²) in [7, 11) is 0. The maximum absolute atomic E-state index is 13.4. The van der Waals surface area contributed by atoms with E-state index >= 15 is 0 Å². The number of hydrogen-bond acceptors (Lipinski definition) is 3. The van der Waals surface area contributed by atoms with E-state index in [-0.39, 0.29) is 11.6 Å². The van der Waals surface area contributed by atoms with E-state index in [0.717, 1.165) is 0 Å². The summed E-state index contributed by atoms with van der Waals surface area (Å²) in [6.07, 6.45) is 4.52. The van der Waals surface area contributed by atoms with Gasteiger partial charge in [-0.25, -0.2) is 4.39 Å². The van der Waals surface area contributed by atoms with Crippen LogP contribution in [0.5, 0.6) is 0 Å². The number of halogens is 1. The van der Waals surface area contributed by atoms with Gasteiger partial charge in [0, 0.05) is 29.7 Å². The standard InChI is InChI=1S/C15H13FN2O/c1-11(18-14-7-3-2-6-13(14)16)9-15(19)12-5-4-8-17-10-12/h2-10,18H,1H3/b11-9-. The molecule has 1 aromatic heterocycles. The van der Waals surface area contributed by atoms with Gasteiger partial charge in [0.25, 0.3) is 0 Å². The van der Waals surface area contributed by atoms with E-state index in [1.54, 1.807) is 43.5 Å². The number of carbonyl (C=O) groups is 1. The molecule has 0 aliphatic rings. The fraction of sp³-hybridized carbons (Fsp3) is 0.0667. The van der Waals surface area contributed by atoms with Gasteiger partial charge in [-0.3, -0.25) is 9.78 Å². The maximum atomic E-state index is 13.4. The Morgan fingerprint density at radius 3 is 2.74 bits per heavy atom. The van der Waals surface area contributed by atoms with Gasteiger partial charge in [-0.05, 0) is 31.2 Å². The van der Waals surface area contributed by atoms with E-state index in [2.05, 4.69) is 10.3 Å². The highest BCUT2D eigenvalue weighted by Gasteiger charge is 2.04. The quantitative estimate of drug-likeness (QED) is 0.673. The highest BCUT2D eigenvalue weighted by atomic mass is 19.1. The fourth-order valence-corrected chi connectivity index (χ4v) is 1.60. The van der Waals surface area contributed by atoms with Crippen molar-refractivity contribution in [3.8, 4) is 0 Å². The molecule has 96 valence electrons. The average Bonchev–Trinajstić information content (AvgIpc) is 2.42. The molecule has 0 radical (unpaired) electrons. The van der Waals surface area contributed by atoms with Gasteiger partial charge in [0.15, 0.2) is 5.78 Å². The van der Waals surface area contributed by atoms with Crippen LogP contribution in [0.4, 0.5) is 10.1 Å². The number of benzene rings is 1.